The molecule has 0 aromatic heterocycles. The highest BCUT2D eigenvalue weighted by Gasteiger charge is 2.15. The third-order valence-corrected chi connectivity index (χ3v) is 2.99. The average molecular weight is 249 g/mol. The summed E-state index contributed by atoms with van der Waals surface area (Å²) in [7, 11) is 1.59. The van der Waals surface area contributed by atoms with Gasteiger partial charge in [-0.1, -0.05) is 12.1 Å². The van der Waals surface area contributed by atoms with Crippen LogP contribution in [0.4, 0.5) is 10.5 Å². The van der Waals surface area contributed by atoms with E-state index in [0.717, 1.165) is 25.9 Å². The number of piperidine rings is 1. The van der Waals surface area contributed by atoms with Crippen molar-refractivity contribution in [3.05, 3.63) is 24.3 Å². The fourth-order valence-electron chi connectivity index (χ4n) is 2.07. The number of hydrogen-bond acceptors (Lipinski definition) is 3. The summed E-state index contributed by atoms with van der Waals surface area (Å²) in [5.74, 6) is 0.661. The van der Waals surface area contributed by atoms with Gasteiger partial charge in [-0.25, -0.2) is 4.79 Å². The Morgan fingerprint density at radius 3 is 3.00 bits per heavy atom. The molecule has 1 aromatic rings. The van der Waals surface area contributed by atoms with E-state index in [-0.39, 0.29) is 12.1 Å². The molecule has 1 aliphatic heterocycles. The molecule has 0 bridgehead atoms. The second-order valence-corrected chi connectivity index (χ2v) is 4.34. The van der Waals surface area contributed by atoms with Crippen molar-refractivity contribution in [3.63, 3.8) is 0 Å². The largest absolute Gasteiger partial charge is 0.495 e. The lowest BCUT2D eigenvalue weighted by atomic mass is 10.1. The highest BCUT2D eigenvalue weighted by molar-refractivity contribution is 5.91. The van der Waals surface area contributed by atoms with Crippen LogP contribution < -0.4 is 20.7 Å². The summed E-state index contributed by atoms with van der Waals surface area (Å²) >= 11 is 0. The van der Waals surface area contributed by atoms with Gasteiger partial charge in [0, 0.05) is 12.6 Å². The summed E-state index contributed by atoms with van der Waals surface area (Å²) in [6.45, 7) is 1.87. The number of methoxy groups -OCH3 is 1. The Morgan fingerprint density at radius 1 is 1.44 bits per heavy atom. The minimum Gasteiger partial charge on any atom is -0.495 e. The number of rotatable bonds is 3. The molecule has 2 rings (SSSR count). The summed E-state index contributed by atoms with van der Waals surface area (Å²) in [4.78, 5) is 11.8. The van der Waals surface area contributed by atoms with Gasteiger partial charge in [-0.3, -0.25) is 0 Å². The minimum absolute atomic E-state index is 0.187. The number of nitrogens with one attached hydrogen (secondary N) is 3. The summed E-state index contributed by atoms with van der Waals surface area (Å²) < 4.78 is 5.18. The van der Waals surface area contributed by atoms with E-state index in [0.29, 0.717) is 11.4 Å². The highest BCUT2D eigenvalue weighted by atomic mass is 16.5. The van der Waals surface area contributed by atoms with Crippen LogP contribution in [0.1, 0.15) is 12.8 Å². The molecule has 0 spiro atoms. The van der Waals surface area contributed by atoms with Crippen molar-refractivity contribution in [3.8, 4) is 5.75 Å². The highest BCUT2D eigenvalue weighted by Crippen LogP contribution is 2.22. The summed E-state index contributed by atoms with van der Waals surface area (Å²) in [6.07, 6.45) is 2.12. The maximum atomic E-state index is 11.8. The first-order chi connectivity index (χ1) is 8.79. The molecule has 3 N–H and O–H groups in total. The first-order valence-electron chi connectivity index (χ1n) is 6.21. The van der Waals surface area contributed by atoms with E-state index >= 15 is 0 Å². The second kappa shape index (κ2) is 6.26. The van der Waals surface area contributed by atoms with Crippen LogP contribution in [0.3, 0.4) is 0 Å². The maximum Gasteiger partial charge on any atom is 0.319 e. The third-order valence-electron chi connectivity index (χ3n) is 2.99. The van der Waals surface area contributed by atoms with Crippen LogP contribution >= 0.6 is 0 Å². The quantitative estimate of drug-likeness (QED) is 0.762. The normalized spacial score (nSPS) is 19.1. The summed E-state index contributed by atoms with van der Waals surface area (Å²) in [5, 5.41) is 9.02. The van der Waals surface area contributed by atoms with Crippen LogP contribution in [-0.4, -0.2) is 32.3 Å². The van der Waals surface area contributed by atoms with E-state index in [1.54, 1.807) is 7.11 Å². The van der Waals surface area contributed by atoms with Gasteiger partial charge in [-0.15, -0.1) is 0 Å². The van der Waals surface area contributed by atoms with Crippen molar-refractivity contribution in [2.45, 2.75) is 18.9 Å². The molecule has 0 saturated carbocycles. The molecule has 1 saturated heterocycles. The van der Waals surface area contributed by atoms with Crippen molar-refractivity contribution < 1.29 is 9.53 Å². The minimum atomic E-state index is -0.187. The molecular weight excluding hydrogens is 230 g/mol. The Labute approximate surface area is 107 Å². The van der Waals surface area contributed by atoms with Crippen molar-refractivity contribution in [1.29, 1.82) is 0 Å². The number of benzene rings is 1. The summed E-state index contributed by atoms with van der Waals surface area (Å²) in [6, 6.07) is 7.38. The molecule has 2 amide bonds. The Kier molecular flexibility index (Phi) is 4.41. The summed E-state index contributed by atoms with van der Waals surface area (Å²) in [5.41, 5.74) is 0.682. The molecule has 1 heterocycles. The van der Waals surface area contributed by atoms with Gasteiger partial charge in [0.1, 0.15) is 5.75 Å². The number of ether oxygens (including phenoxy) is 1. The Hall–Kier alpha value is -1.75. The van der Waals surface area contributed by atoms with E-state index < -0.39 is 0 Å². The lowest BCUT2D eigenvalue weighted by Crippen LogP contribution is -2.47. The van der Waals surface area contributed by atoms with Gasteiger partial charge < -0.3 is 20.7 Å². The van der Waals surface area contributed by atoms with Crippen LogP contribution in [0.5, 0.6) is 5.75 Å². The molecule has 0 radical (unpaired) electrons. The molecular formula is C13H19N3O2. The molecule has 1 atom stereocenters. The van der Waals surface area contributed by atoms with E-state index in [1.165, 1.54) is 0 Å². The number of carbonyl (C=O) groups is 1. The standard InChI is InChI=1S/C13H19N3O2/c1-18-12-7-3-2-6-11(12)16-13(17)15-10-5-4-8-14-9-10/h2-3,6-7,10,14H,4-5,8-9H2,1H3,(H2,15,16,17)/t10-/m1/s1. The van der Waals surface area contributed by atoms with E-state index in [9.17, 15) is 4.79 Å². The van der Waals surface area contributed by atoms with Crippen molar-refractivity contribution in [2.75, 3.05) is 25.5 Å². The van der Waals surface area contributed by atoms with E-state index in [1.807, 2.05) is 24.3 Å². The second-order valence-electron chi connectivity index (χ2n) is 4.34. The van der Waals surface area contributed by atoms with Crippen molar-refractivity contribution in [2.24, 2.45) is 0 Å². The molecule has 1 fully saturated rings. The van der Waals surface area contributed by atoms with Gasteiger partial charge in [0.25, 0.3) is 0 Å². The molecule has 18 heavy (non-hydrogen) atoms. The van der Waals surface area contributed by atoms with Crippen LogP contribution in [0, 0.1) is 0 Å². The topological polar surface area (TPSA) is 62.4 Å². The molecule has 1 aliphatic rings. The Morgan fingerprint density at radius 2 is 2.28 bits per heavy atom. The van der Waals surface area contributed by atoms with E-state index in [2.05, 4.69) is 16.0 Å². The van der Waals surface area contributed by atoms with Gasteiger partial charge in [0.15, 0.2) is 0 Å². The van der Waals surface area contributed by atoms with Crippen LogP contribution in [-0.2, 0) is 0 Å². The molecule has 5 nitrogen and oxygen atoms in total. The third kappa shape index (κ3) is 3.37. The molecule has 0 aliphatic carbocycles. The van der Waals surface area contributed by atoms with Crippen molar-refractivity contribution in [1.82, 2.24) is 10.6 Å². The fraction of sp³-hybridized carbons (Fsp3) is 0.462. The van der Waals surface area contributed by atoms with Crippen LogP contribution in [0.25, 0.3) is 0 Å². The zero-order chi connectivity index (χ0) is 12.8. The number of hydrogen-bond donors (Lipinski definition) is 3. The zero-order valence-corrected chi connectivity index (χ0v) is 10.5. The molecule has 1 aromatic carbocycles. The molecule has 5 heteroatoms. The van der Waals surface area contributed by atoms with Gasteiger partial charge in [-0.05, 0) is 31.5 Å². The Bertz CT molecular complexity index is 403. The predicted molar refractivity (Wildman–Crippen MR) is 71.0 cm³/mol. The molecule has 0 unspecified atom stereocenters. The number of para-hydroxylation sites is 2. The van der Waals surface area contributed by atoms with Gasteiger partial charge in [0.05, 0.1) is 12.8 Å². The first kappa shape index (κ1) is 12.7. The van der Waals surface area contributed by atoms with Gasteiger partial charge in [-0.2, -0.15) is 0 Å². The first-order valence-corrected chi connectivity index (χ1v) is 6.21. The number of urea groups is 1. The van der Waals surface area contributed by atoms with Crippen LogP contribution in [0.2, 0.25) is 0 Å². The van der Waals surface area contributed by atoms with Crippen molar-refractivity contribution >= 4 is 11.7 Å². The molecule has 98 valence electrons. The number of anilines is 1. The van der Waals surface area contributed by atoms with Gasteiger partial charge >= 0.3 is 6.03 Å². The average Bonchev–Trinajstić information content (AvgIpc) is 2.40. The monoisotopic (exact) mass is 249 g/mol. The number of amides is 2. The Balaban J connectivity index is 1.90. The van der Waals surface area contributed by atoms with Crippen LogP contribution in [0.15, 0.2) is 24.3 Å². The number of carbonyl (C=O) groups excluding carboxylic acids is 1. The lowest BCUT2D eigenvalue weighted by molar-refractivity contribution is 0.245. The fourth-order valence-corrected chi connectivity index (χ4v) is 2.07. The lowest BCUT2D eigenvalue weighted by Gasteiger charge is -2.24. The SMILES string of the molecule is COc1ccccc1NC(=O)N[C@@H]1CCCNC1. The maximum absolute atomic E-state index is 11.8. The zero-order valence-electron chi connectivity index (χ0n) is 10.5. The van der Waals surface area contributed by atoms with Gasteiger partial charge in [0.2, 0.25) is 0 Å². The predicted octanol–water partition coefficient (Wildman–Crippen LogP) is 1.57. The van der Waals surface area contributed by atoms with E-state index in [4.69, 9.17) is 4.74 Å². The smallest absolute Gasteiger partial charge is 0.319 e.